The molecule has 0 nitrogen and oxygen atoms in total. The standard InChI is InChI=1S/C14H14I/c1-11-8-9-12(2)14(10-11)15-13-6-4-3-5-7-13/h3-10H,1-2H3/q+1. The molecule has 1 heteroatoms. The molecule has 0 bridgehead atoms. The molecule has 0 atom stereocenters. The number of aryl methyl sites for hydroxylation is 2. The highest BCUT2D eigenvalue weighted by atomic mass is 127. The van der Waals surface area contributed by atoms with E-state index in [2.05, 4.69) is 62.4 Å². The summed E-state index contributed by atoms with van der Waals surface area (Å²) in [4.78, 5) is 0. The summed E-state index contributed by atoms with van der Waals surface area (Å²) in [5.74, 6) is 0. The fourth-order valence-electron chi connectivity index (χ4n) is 1.39. The molecule has 76 valence electrons. The first-order valence-corrected chi connectivity index (χ1v) is 7.18. The second kappa shape index (κ2) is 4.79. The van der Waals surface area contributed by atoms with Crippen LogP contribution in [0.1, 0.15) is 11.1 Å². The summed E-state index contributed by atoms with van der Waals surface area (Å²) in [6.07, 6.45) is 0. The molecule has 0 fully saturated rings. The molecular formula is C14H14I+. The van der Waals surface area contributed by atoms with Crippen LogP contribution in [0.15, 0.2) is 48.5 Å². The number of halogens is 1. The molecule has 0 spiro atoms. The van der Waals surface area contributed by atoms with Gasteiger partial charge in [0.05, 0.1) is 0 Å². The smallest absolute Gasteiger partial charge is 0.0619 e. The van der Waals surface area contributed by atoms with Gasteiger partial charge in [0, 0.05) is 5.56 Å². The maximum Gasteiger partial charge on any atom is 0.358 e. The lowest BCUT2D eigenvalue weighted by Crippen LogP contribution is -3.61. The molecule has 2 aromatic rings. The van der Waals surface area contributed by atoms with Crippen LogP contribution >= 0.6 is 0 Å². The summed E-state index contributed by atoms with van der Waals surface area (Å²) in [7, 11) is 0. The zero-order valence-electron chi connectivity index (χ0n) is 9.00. The van der Waals surface area contributed by atoms with Crippen molar-refractivity contribution < 1.29 is 21.2 Å². The summed E-state index contributed by atoms with van der Waals surface area (Å²) in [5, 5.41) is 0. The van der Waals surface area contributed by atoms with E-state index in [9.17, 15) is 0 Å². The molecule has 15 heavy (non-hydrogen) atoms. The first-order chi connectivity index (χ1) is 7.25. The summed E-state index contributed by atoms with van der Waals surface area (Å²) in [5.41, 5.74) is 2.79. The maximum absolute atomic E-state index is 2.33. The molecule has 0 heterocycles. The molecule has 0 aliphatic heterocycles. The van der Waals surface area contributed by atoms with Crippen molar-refractivity contribution in [1.29, 1.82) is 0 Å². The molecule has 2 aromatic carbocycles. The Morgan fingerprint density at radius 2 is 1.60 bits per heavy atom. The highest BCUT2D eigenvalue weighted by Crippen LogP contribution is 2.00. The van der Waals surface area contributed by atoms with Crippen LogP contribution in [0.25, 0.3) is 0 Å². The first kappa shape index (κ1) is 10.7. The SMILES string of the molecule is Cc1ccc(C)c([I+]c2ccccc2)c1. The van der Waals surface area contributed by atoms with Crippen molar-refractivity contribution in [2.75, 3.05) is 0 Å². The van der Waals surface area contributed by atoms with E-state index in [0.717, 1.165) is 0 Å². The minimum Gasteiger partial charge on any atom is -0.0619 e. The predicted octanol–water partition coefficient (Wildman–Crippen LogP) is 0.432. The Hall–Kier alpha value is -0.830. The fraction of sp³-hybridized carbons (Fsp3) is 0.143. The molecule has 0 amide bonds. The third kappa shape index (κ3) is 2.81. The normalized spacial score (nSPS) is 10.3. The van der Waals surface area contributed by atoms with E-state index in [1.54, 1.807) is 3.57 Å². The second-order valence-corrected chi connectivity index (χ2v) is 6.59. The minimum atomic E-state index is -0.00979. The number of hydrogen-bond acceptors (Lipinski definition) is 0. The average Bonchev–Trinajstić information content (AvgIpc) is 2.25. The van der Waals surface area contributed by atoms with Crippen molar-refractivity contribution in [3.8, 4) is 0 Å². The van der Waals surface area contributed by atoms with Crippen LogP contribution in [0.2, 0.25) is 0 Å². The van der Waals surface area contributed by atoms with Crippen LogP contribution in [-0.4, -0.2) is 0 Å². The molecule has 2 rings (SSSR count). The van der Waals surface area contributed by atoms with E-state index in [1.165, 1.54) is 14.7 Å². The number of benzene rings is 2. The van der Waals surface area contributed by atoms with Crippen LogP contribution < -0.4 is 21.2 Å². The van der Waals surface area contributed by atoms with Crippen LogP contribution in [0.4, 0.5) is 0 Å². The highest BCUT2D eigenvalue weighted by molar-refractivity contribution is 5.19. The molecule has 0 aliphatic rings. The lowest BCUT2D eigenvalue weighted by atomic mass is 10.2. The number of hydrogen-bond donors (Lipinski definition) is 0. The van der Waals surface area contributed by atoms with Gasteiger partial charge in [-0.05, 0) is 37.6 Å². The Labute approximate surface area is 102 Å². The Balaban J connectivity index is 2.28. The van der Waals surface area contributed by atoms with Crippen LogP contribution in [-0.2, 0) is 0 Å². The van der Waals surface area contributed by atoms with E-state index >= 15 is 0 Å². The quantitative estimate of drug-likeness (QED) is 0.706. The van der Waals surface area contributed by atoms with Crippen molar-refractivity contribution in [1.82, 2.24) is 0 Å². The van der Waals surface area contributed by atoms with Gasteiger partial charge in [0.15, 0.2) is 7.14 Å². The minimum absolute atomic E-state index is 0.00979. The second-order valence-electron chi connectivity index (χ2n) is 3.64. The van der Waals surface area contributed by atoms with Gasteiger partial charge in [0.25, 0.3) is 0 Å². The topological polar surface area (TPSA) is 0 Å². The van der Waals surface area contributed by atoms with E-state index < -0.39 is 0 Å². The van der Waals surface area contributed by atoms with Gasteiger partial charge in [-0.2, -0.15) is 0 Å². The molecule has 0 radical (unpaired) electrons. The van der Waals surface area contributed by atoms with E-state index in [0.29, 0.717) is 0 Å². The third-order valence-electron chi connectivity index (χ3n) is 2.27. The zero-order valence-corrected chi connectivity index (χ0v) is 11.2. The summed E-state index contributed by atoms with van der Waals surface area (Å²) < 4.78 is 3.03. The number of rotatable bonds is 2. The van der Waals surface area contributed by atoms with Gasteiger partial charge < -0.3 is 0 Å². The summed E-state index contributed by atoms with van der Waals surface area (Å²) in [6.45, 7) is 4.37. The Morgan fingerprint density at radius 3 is 2.33 bits per heavy atom. The monoisotopic (exact) mass is 309 g/mol. The van der Waals surface area contributed by atoms with Crippen LogP contribution in [0.3, 0.4) is 0 Å². The average molecular weight is 309 g/mol. The predicted molar refractivity (Wildman–Crippen MR) is 59.8 cm³/mol. The maximum atomic E-state index is 2.33. The molecular weight excluding hydrogens is 295 g/mol. The lowest BCUT2D eigenvalue weighted by Gasteiger charge is -1.95. The molecule has 0 aliphatic carbocycles. The molecule has 0 N–H and O–H groups in total. The van der Waals surface area contributed by atoms with Crippen LogP contribution in [0.5, 0.6) is 0 Å². The van der Waals surface area contributed by atoms with Crippen molar-refractivity contribution in [3.63, 3.8) is 0 Å². The Bertz CT molecular complexity index is 446. The van der Waals surface area contributed by atoms with E-state index in [4.69, 9.17) is 0 Å². The molecule has 0 aromatic heterocycles. The van der Waals surface area contributed by atoms with Gasteiger partial charge in [-0.3, -0.25) is 0 Å². The zero-order chi connectivity index (χ0) is 10.7. The third-order valence-corrected chi connectivity index (χ3v) is 5.36. The van der Waals surface area contributed by atoms with Crippen molar-refractivity contribution in [3.05, 3.63) is 66.8 Å². The van der Waals surface area contributed by atoms with Gasteiger partial charge in [-0.1, -0.05) is 30.3 Å². The van der Waals surface area contributed by atoms with Crippen molar-refractivity contribution in [2.24, 2.45) is 0 Å². The van der Waals surface area contributed by atoms with Gasteiger partial charge in [0.2, 0.25) is 0 Å². The van der Waals surface area contributed by atoms with Crippen molar-refractivity contribution in [2.45, 2.75) is 13.8 Å². The van der Waals surface area contributed by atoms with Gasteiger partial charge in [0.1, 0.15) is 0 Å². The van der Waals surface area contributed by atoms with Crippen LogP contribution in [0, 0.1) is 21.0 Å². The van der Waals surface area contributed by atoms with E-state index in [-0.39, 0.29) is 21.2 Å². The largest absolute Gasteiger partial charge is 0.358 e. The molecule has 0 unspecified atom stereocenters. The summed E-state index contributed by atoms with van der Waals surface area (Å²) in [6, 6.07) is 17.5. The van der Waals surface area contributed by atoms with Gasteiger partial charge >= 0.3 is 21.2 Å². The van der Waals surface area contributed by atoms with Gasteiger partial charge in [-0.15, -0.1) is 0 Å². The van der Waals surface area contributed by atoms with E-state index in [1.807, 2.05) is 0 Å². The lowest BCUT2D eigenvalue weighted by molar-refractivity contribution is -0.598. The van der Waals surface area contributed by atoms with Crippen molar-refractivity contribution >= 4 is 0 Å². The highest BCUT2D eigenvalue weighted by Gasteiger charge is 2.17. The Kier molecular flexibility index (Phi) is 3.41. The Morgan fingerprint density at radius 1 is 0.867 bits per heavy atom. The van der Waals surface area contributed by atoms with Gasteiger partial charge in [-0.25, -0.2) is 0 Å². The fourth-order valence-corrected chi connectivity index (χ4v) is 4.09. The molecule has 0 saturated heterocycles. The summed E-state index contributed by atoms with van der Waals surface area (Å²) >= 11 is -0.00979. The molecule has 0 saturated carbocycles. The first-order valence-electron chi connectivity index (χ1n) is 5.03.